The molecule has 1 atom stereocenters. The van der Waals surface area contributed by atoms with Gasteiger partial charge in [-0.05, 0) is 48.4 Å². The first kappa shape index (κ1) is 20.9. The first-order chi connectivity index (χ1) is 17.2. The van der Waals surface area contributed by atoms with E-state index in [1.807, 2.05) is 49.4 Å². The Morgan fingerprint density at radius 2 is 1.89 bits per heavy atom. The lowest BCUT2D eigenvalue weighted by atomic mass is 10.0. The number of aliphatic hydroxyl groups excluding tert-OH is 1. The van der Waals surface area contributed by atoms with Crippen LogP contribution in [0.2, 0.25) is 0 Å². The molecule has 1 aromatic carbocycles. The van der Waals surface area contributed by atoms with Crippen LogP contribution in [0.25, 0.3) is 56.0 Å². The van der Waals surface area contributed by atoms with Crippen molar-refractivity contribution in [3.05, 3.63) is 73.3 Å². The van der Waals surface area contributed by atoms with Crippen LogP contribution in [0.1, 0.15) is 13.3 Å². The summed E-state index contributed by atoms with van der Waals surface area (Å²) in [5.74, 6) is 0.646. The Morgan fingerprint density at radius 1 is 0.943 bits per heavy atom. The summed E-state index contributed by atoms with van der Waals surface area (Å²) in [6.07, 6.45) is 6.98. The highest BCUT2D eigenvalue weighted by atomic mass is 16.3. The molecule has 0 aliphatic carbocycles. The third-order valence-corrected chi connectivity index (χ3v) is 5.89. The van der Waals surface area contributed by atoms with Crippen molar-refractivity contribution in [2.45, 2.75) is 19.6 Å². The monoisotopic (exact) mass is 462 g/mol. The zero-order valence-electron chi connectivity index (χ0n) is 18.9. The van der Waals surface area contributed by atoms with Gasteiger partial charge in [-0.15, -0.1) is 0 Å². The zero-order valence-corrected chi connectivity index (χ0v) is 18.9. The van der Waals surface area contributed by atoms with E-state index in [9.17, 15) is 5.11 Å². The van der Waals surface area contributed by atoms with Crippen LogP contribution >= 0.6 is 0 Å². The highest BCUT2D eigenvalue weighted by Crippen LogP contribution is 2.32. The molecule has 9 nitrogen and oxygen atoms in total. The Bertz CT molecular complexity index is 1640. The van der Waals surface area contributed by atoms with Crippen molar-refractivity contribution in [3.8, 4) is 34.0 Å². The molecule has 0 aliphatic heterocycles. The van der Waals surface area contributed by atoms with Crippen molar-refractivity contribution in [1.29, 1.82) is 0 Å². The molecule has 0 saturated carbocycles. The van der Waals surface area contributed by atoms with Crippen molar-refractivity contribution < 1.29 is 5.11 Å². The molecule has 6 rings (SSSR count). The van der Waals surface area contributed by atoms with Gasteiger partial charge in [0.15, 0.2) is 5.82 Å². The van der Waals surface area contributed by atoms with Crippen molar-refractivity contribution >= 4 is 27.6 Å². The minimum Gasteiger partial charge on any atom is -0.374 e. The van der Waals surface area contributed by atoms with E-state index in [4.69, 9.17) is 4.98 Å². The number of fused-ring (bicyclic) bond motifs is 2. The summed E-state index contributed by atoms with van der Waals surface area (Å²) in [4.78, 5) is 21.5. The molecule has 172 valence electrons. The maximum Gasteiger partial charge on any atom is 0.159 e. The minimum atomic E-state index is -0.617. The maximum atomic E-state index is 9.93. The van der Waals surface area contributed by atoms with Gasteiger partial charge in [0, 0.05) is 29.5 Å². The Balaban J connectivity index is 1.43. The summed E-state index contributed by atoms with van der Waals surface area (Å²) in [5.41, 5.74) is 7.37. The van der Waals surface area contributed by atoms with Crippen LogP contribution in [0.3, 0.4) is 0 Å². The van der Waals surface area contributed by atoms with E-state index in [-0.39, 0.29) is 0 Å². The van der Waals surface area contributed by atoms with Gasteiger partial charge < -0.3 is 15.4 Å². The molecular formula is C26H22N8O. The van der Waals surface area contributed by atoms with Gasteiger partial charge in [-0.2, -0.15) is 5.10 Å². The third kappa shape index (κ3) is 3.87. The average molecular weight is 463 g/mol. The van der Waals surface area contributed by atoms with E-state index in [1.54, 1.807) is 24.8 Å². The molecule has 5 aromatic heterocycles. The molecule has 5 heterocycles. The summed E-state index contributed by atoms with van der Waals surface area (Å²) in [7, 11) is 0. The largest absolute Gasteiger partial charge is 0.374 e. The Hall–Kier alpha value is -4.63. The molecule has 1 unspecified atom stereocenters. The van der Waals surface area contributed by atoms with Gasteiger partial charge in [0.2, 0.25) is 0 Å². The quantitative estimate of drug-likeness (QED) is 0.263. The fraction of sp³-hybridized carbons (Fsp3) is 0.115. The van der Waals surface area contributed by atoms with Crippen LogP contribution in [0.15, 0.2) is 73.3 Å². The van der Waals surface area contributed by atoms with Crippen LogP contribution in [-0.2, 0) is 0 Å². The van der Waals surface area contributed by atoms with Crippen LogP contribution in [0.5, 0.6) is 0 Å². The number of hydrogen-bond donors (Lipinski definition) is 4. The van der Waals surface area contributed by atoms with E-state index in [1.165, 1.54) is 0 Å². The highest BCUT2D eigenvalue weighted by molar-refractivity contribution is 5.97. The summed E-state index contributed by atoms with van der Waals surface area (Å²) in [6, 6.07) is 15.7. The van der Waals surface area contributed by atoms with Crippen LogP contribution in [-0.4, -0.2) is 46.5 Å². The topological polar surface area (TPSA) is 128 Å². The smallest absolute Gasteiger partial charge is 0.159 e. The van der Waals surface area contributed by atoms with Gasteiger partial charge in [0.25, 0.3) is 0 Å². The van der Waals surface area contributed by atoms with E-state index in [0.717, 1.165) is 50.1 Å². The lowest BCUT2D eigenvalue weighted by Gasteiger charge is -2.12. The summed E-state index contributed by atoms with van der Waals surface area (Å²) in [5, 5.41) is 21.6. The number of benzene rings is 1. The van der Waals surface area contributed by atoms with Crippen LogP contribution < -0.4 is 5.32 Å². The number of imidazole rings is 1. The Kier molecular flexibility index (Phi) is 5.16. The summed E-state index contributed by atoms with van der Waals surface area (Å²) < 4.78 is 0. The molecule has 0 bridgehead atoms. The number of rotatable bonds is 6. The SMILES string of the molecule is CCC(O)Nc1cncc(-c2ccc3[nH]nc(-c4nc5c(-c6ccccn6)nccc5[nH]4)c3c2)c1. The second-order valence-corrected chi connectivity index (χ2v) is 8.22. The number of anilines is 1. The first-order valence-electron chi connectivity index (χ1n) is 11.3. The van der Waals surface area contributed by atoms with Gasteiger partial charge in [-0.3, -0.25) is 20.1 Å². The van der Waals surface area contributed by atoms with Gasteiger partial charge >= 0.3 is 0 Å². The van der Waals surface area contributed by atoms with Crippen molar-refractivity contribution in [2.24, 2.45) is 0 Å². The molecule has 0 saturated heterocycles. The number of aromatic amines is 2. The van der Waals surface area contributed by atoms with Crippen LogP contribution in [0.4, 0.5) is 5.69 Å². The van der Waals surface area contributed by atoms with E-state index in [2.05, 4.69) is 41.5 Å². The van der Waals surface area contributed by atoms with Crippen molar-refractivity contribution in [3.63, 3.8) is 0 Å². The molecule has 0 fully saturated rings. The lowest BCUT2D eigenvalue weighted by Crippen LogP contribution is -2.16. The fourth-order valence-corrected chi connectivity index (χ4v) is 4.08. The average Bonchev–Trinajstić information content (AvgIpc) is 3.53. The van der Waals surface area contributed by atoms with Gasteiger partial charge in [0.05, 0.1) is 28.6 Å². The lowest BCUT2D eigenvalue weighted by molar-refractivity contribution is 0.199. The fourth-order valence-electron chi connectivity index (χ4n) is 4.08. The molecule has 0 spiro atoms. The predicted molar refractivity (Wildman–Crippen MR) is 135 cm³/mol. The van der Waals surface area contributed by atoms with Crippen molar-refractivity contribution in [2.75, 3.05) is 5.32 Å². The first-order valence-corrected chi connectivity index (χ1v) is 11.3. The molecule has 0 aliphatic rings. The molecular weight excluding hydrogens is 440 g/mol. The van der Waals surface area contributed by atoms with Gasteiger partial charge in [-0.25, -0.2) is 4.98 Å². The molecule has 0 radical (unpaired) electrons. The van der Waals surface area contributed by atoms with E-state index >= 15 is 0 Å². The second kappa shape index (κ2) is 8.62. The third-order valence-electron chi connectivity index (χ3n) is 5.89. The Labute approximate surface area is 200 Å². The normalized spacial score (nSPS) is 12.3. The second-order valence-electron chi connectivity index (χ2n) is 8.22. The van der Waals surface area contributed by atoms with Crippen LogP contribution in [0, 0.1) is 0 Å². The number of pyridine rings is 3. The molecule has 0 amide bonds. The standard InChI is InChI=1S/C26H22N8O/c1-2-22(35)30-17-11-16(13-27-14-17)15-6-7-19-18(12-15)23(34-33-19)26-31-21-8-10-29-24(25(21)32-26)20-5-3-4-9-28-20/h3-14,22,30,35H,2H2,1H3,(H,31,32)(H,33,34). The number of nitrogens with zero attached hydrogens (tertiary/aromatic N) is 5. The Morgan fingerprint density at radius 3 is 2.74 bits per heavy atom. The summed E-state index contributed by atoms with van der Waals surface area (Å²) >= 11 is 0. The molecule has 4 N–H and O–H groups in total. The maximum absolute atomic E-state index is 9.93. The number of hydrogen-bond acceptors (Lipinski definition) is 7. The predicted octanol–water partition coefficient (Wildman–Crippen LogP) is 4.77. The number of aromatic nitrogens is 7. The van der Waals surface area contributed by atoms with Gasteiger partial charge in [0.1, 0.15) is 23.1 Å². The van der Waals surface area contributed by atoms with Crippen molar-refractivity contribution in [1.82, 2.24) is 35.1 Å². The number of H-pyrrole nitrogens is 2. The zero-order chi connectivity index (χ0) is 23.8. The van der Waals surface area contributed by atoms with E-state index < -0.39 is 6.23 Å². The molecule has 35 heavy (non-hydrogen) atoms. The summed E-state index contributed by atoms with van der Waals surface area (Å²) in [6.45, 7) is 1.91. The number of nitrogens with one attached hydrogen (secondary N) is 3. The minimum absolute atomic E-state index is 0.601. The molecule has 6 aromatic rings. The van der Waals surface area contributed by atoms with Gasteiger partial charge in [-0.1, -0.05) is 19.1 Å². The van der Waals surface area contributed by atoms with E-state index in [0.29, 0.717) is 17.9 Å². The molecule has 9 heteroatoms. The highest BCUT2D eigenvalue weighted by Gasteiger charge is 2.17. The number of aliphatic hydroxyl groups is 1.